The van der Waals surface area contributed by atoms with E-state index >= 15 is 0 Å². The molecule has 0 aliphatic heterocycles. The Morgan fingerprint density at radius 1 is 1.21 bits per heavy atom. The van der Waals surface area contributed by atoms with Gasteiger partial charge in [-0.15, -0.1) is 0 Å². The third-order valence-electron chi connectivity index (χ3n) is 3.53. The number of hydrogen-bond acceptors (Lipinski definition) is 4. The van der Waals surface area contributed by atoms with E-state index < -0.39 is 5.97 Å². The zero-order chi connectivity index (χ0) is 13.8. The van der Waals surface area contributed by atoms with Crippen LogP contribution >= 0.6 is 11.8 Å². The van der Waals surface area contributed by atoms with Gasteiger partial charge in [0.1, 0.15) is 11.4 Å². The Balaban J connectivity index is 2.03. The molecule has 0 saturated heterocycles. The molecule has 1 heterocycles. The maximum absolute atomic E-state index is 11.1. The summed E-state index contributed by atoms with van der Waals surface area (Å²) < 4.78 is 0. The largest absolute Gasteiger partial charge is 0.478 e. The summed E-state index contributed by atoms with van der Waals surface area (Å²) in [6.07, 6.45) is 6.59. The molecule has 1 aromatic rings. The molecule has 1 saturated carbocycles. The summed E-state index contributed by atoms with van der Waals surface area (Å²) >= 11 is 1.91. The molecule has 1 aromatic heterocycles. The van der Waals surface area contributed by atoms with Gasteiger partial charge in [0.05, 0.1) is 17.1 Å². The molecule has 0 amide bonds. The van der Waals surface area contributed by atoms with E-state index in [1.807, 2.05) is 11.8 Å². The fourth-order valence-electron chi connectivity index (χ4n) is 2.58. The van der Waals surface area contributed by atoms with Crippen LogP contribution in [0.3, 0.4) is 0 Å². The van der Waals surface area contributed by atoms with Gasteiger partial charge in [0.2, 0.25) is 0 Å². The van der Waals surface area contributed by atoms with Gasteiger partial charge in [-0.25, -0.2) is 14.8 Å². The van der Waals surface area contributed by atoms with E-state index in [2.05, 4.69) is 9.97 Å². The molecule has 4 nitrogen and oxygen atoms in total. The average Bonchev–Trinajstić information content (AvgIpc) is 2.36. The molecular formula is C14H20N2O2S. The second-order valence-corrected chi connectivity index (χ2v) is 6.35. The predicted molar refractivity (Wildman–Crippen MR) is 76.6 cm³/mol. The molecule has 0 atom stereocenters. The molecule has 0 radical (unpaired) electrons. The minimum atomic E-state index is -0.943. The molecule has 1 aliphatic rings. The van der Waals surface area contributed by atoms with Gasteiger partial charge >= 0.3 is 5.97 Å². The number of aromatic nitrogens is 2. The first kappa shape index (κ1) is 14.3. The summed E-state index contributed by atoms with van der Waals surface area (Å²) in [5.41, 5.74) is 1.38. The lowest BCUT2D eigenvalue weighted by Crippen LogP contribution is -2.12. The quantitative estimate of drug-likeness (QED) is 0.916. The van der Waals surface area contributed by atoms with Crippen LogP contribution in [0.25, 0.3) is 0 Å². The lowest BCUT2D eigenvalue weighted by molar-refractivity contribution is 0.0694. The van der Waals surface area contributed by atoms with Crippen molar-refractivity contribution in [3.8, 4) is 0 Å². The summed E-state index contributed by atoms with van der Waals surface area (Å²) in [6.45, 7) is 3.49. The van der Waals surface area contributed by atoms with E-state index in [1.165, 1.54) is 32.1 Å². The van der Waals surface area contributed by atoms with Gasteiger partial charge in [0.15, 0.2) is 0 Å². The topological polar surface area (TPSA) is 63.1 Å². The maximum atomic E-state index is 11.1. The highest BCUT2D eigenvalue weighted by molar-refractivity contribution is 7.99. The van der Waals surface area contributed by atoms with Crippen molar-refractivity contribution in [2.24, 2.45) is 0 Å². The van der Waals surface area contributed by atoms with Crippen LogP contribution in [-0.2, 0) is 5.75 Å². The number of carbonyl (C=O) groups is 1. The van der Waals surface area contributed by atoms with Crippen LogP contribution in [0.5, 0.6) is 0 Å². The molecule has 19 heavy (non-hydrogen) atoms. The monoisotopic (exact) mass is 280 g/mol. The first-order valence-corrected chi connectivity index (χ1v) is 7.82. The number of carboxylic acids is 1. The summed E-state index contributed by atoms with van der Waals surface area (Å²) in [6, 6.07) is 0. The molecular weight excluding hydrogens is 260 g/mol. The Morgan fingerprint density at radius 3 is 2.32 bits per heavy atom. The summed E-state index contributed by atoms with van der Waals surface area (Å²) in [5, 5.41) is 9.81. The molecule has 1 N–H and O–H groups in total. The van der Waals surface area contributed by atoms with Crippen LogP contribution in [0, 0.1) is 13.8 Å². The van der Waals surface area contributed by atoms with Crippen LogP contribution in [0.1, 0.15) is 59.7 Å². The van der Waals surface area contributed by atoms with Crippen LogP contribution in [0.4, 0.5) is 0 Å². The Labute approximate surface area is 118 Å². The lowest BCUT2D eigenvalue weighted by atomic mass is 10.0. The smallest absolute Gasteiger partial charge is 0.339 e. The van der Waals surface area contributed by atoms with Crippen LogP contribution in [-0.4, -0.2) is 26.3 Å². The Kier molecular flexibility index (Phi) is 4.80. The number of carboxylic acid groups (broad SMARTS) is 1. The average molecular weight is 280 g/mol. The number of aromatic carboxylic acids is 1. The van der Waals surface area contributed by atoms with Crippen molar-refractivity contribution in [3.05, 3.63) is 22.8 Å². The highest BCUT2D eigenvalue weighted by Gasteiger charge is 2.17. The zero-order valence-corrected chi connectivity index (χ0v) is 12.3. The fraction of sp³-hybridized carbons (Fsp3) is 0.643. The molecule has 1 aliphatic carbocycles. The van der Waals surface area contributed by atoms with Gasteiger partial charge in [-0.05, 0) is 26.7 Å². The van der Waals surface area contributed by atoms with E-state index in [4.69, 9.17) is 5.11 Å². The van der Waals surface area contributed by atoms with E-state index in [0.29, 0.717) is 11.4 Å². The minimum absolute atomic E-state index is 0.242. The zero-order valence-electron chi connectivity index (χ0n) is 11.5. The third-order valence-corrected chi connectivity index (χ3v) is 4.90. The third kappa shape index (κ3) is 3.69. The highest BCUT2D eigenvalue weighted by Crippen LogP contribution is 2.30. The van der Waals surface area contributed by atoms with E-state index in [0.717, 1.165) is 16.8 Å². The van der Waals surface area contributed by atoms with Crippen LogP contribution in [0.2, 0.25) is 0 Å². The molecule has 104 valence electrons. The normalized spacial score (nSPS) is 16.5. The maximum Gasteiger partial charge on any atom is 0.339 e. The van der Waals surface area contributed by atoms with E-state index in [9.17, 15) is 4.79 Å². The van der Waals surface area contributed by atoms with E-state index in [1.54, 1.807) is 13.8 Å². The first-order valence-electron chi connectivity index (χ1n) is 6.77. The Morgan fingerprint density at radius 2 is 1.79 bits per heavy atom. The van der Waals surface area contributed by atoms with Gasteiger partial charge in [-0.3, -0.25) is 0 Å². The number of hydrogen-bond donors (Lipinski definition) is 1. The van der Waals surface area contributed by atoms with Crippen molar-refractivity contribution in [3.63, 3.8) is 0 Å². The number of aryl methyl sites for hydroxylation is 2. The Hall–Kier alpha value is -1.10. The molecule has 5 heteroatoms. The molecule has 0 unspecified atom stereocenters. The van der Waals surface area contributed by atoms with E-state index in [-0.39, 0.29) is 5.56 Å². The second kappa shape index (κ2) is 6.37. The molecule has 0 bridgehead atoms. The lowest BCUT2D eigenvalue weighted by Gasteiger charge is -2.20. The fourth-order valence-corrected chi connectivity index (χ4v) is 3.76. The van der Waals surface area contributed by atoms with Gasteiger partial charge in [-0.2, -0.15) is 11.8 Å². The van der Waals surface area contributed by atoms with Crippen LogP contribution < -0.4 is 0 Å². The molecule has 2 rings (SSSR count). The first-order chi connectivity index (χ1) is 9.08. The highest BCUT2D eigenvalue weighted by atomic mass is 32.2. The van der Waals surface area contributed by atoms with Crippen molar-refractivity contribution < 1.29 is 9.90 Å². The van der Waals surface area contributed by atoms with Crippen LogP contribution in [0.15, 0.2) is 0 Å². The van der Waals surface area contributed by atoms with Crippen molar-refractivity contribution in [1.82, 2.24) is 9.97 Å². The number of nitrogens with zero attached hydrogens (tertiary/aromatic N) is 2. The minimum Gasteiger partial charge on any atom is -0.478 e. The van der Waals surface area contributed by atoms with Gasteiger partial charge < -0.3 is 5.11 Å². The van der Waals surface area contributed by atoms with Crippen molar-refractivity contribution >= 4 is 17.7 Å². The second-order valence-electron chi connectivity index (χ2n) is 5.06. The summed E-state index contributed by atoms with van der Waals surface area (Å²) in [7, 11) is 0. The Bertz CT molecular complexity index is 448. The molecule has 0 spiro atoms. The predicted octanol–water partition coefficient (Wildman–Crippen LogP) is 3.36. The molecule has 1 fully saturated rings. The van der Waals surface area contributed by atoms with Crippen molar-refractivity contribution in [1.29, 1.82) is 0 Å². The van der Waals surface area contributed by atoms with Crippen molar-refractivity contribution in [2.45, 2.75) is 57.0 Å². The molecule has 0 aromatic carbocycles. The van der Waals surface area contributed by atoms with Gasteiger partial charge in [0.25, 0.3) is 0 Å². The number of thioether (sulfide) groups is 1. The van der Waals surface area contributed by atoms with Gasteiger partial charge in [-0.1, -0.05) is 19.3 Å². The van der Waals surface area contributed by atoms with Gasteiger partial charge in [0, 0.05) is 5.25 Å². The summed E-state index contributed by atoms with van der Waals surface area (Å²) in [5.74, 6) is 0.601. The summed E-state index contributed by atoms with van der Waals surface area (Å²) in [4.78, 5) is 19.7. The SMILES string of the molecule is Cc1nc(CSC2CCCCC2)nc(C)c1C(=O)O. The number of rotatable bonds is 4. The standard InChI is InChI=1S/C14H20N2O2S/c1-9-13(14(17)18)10(2)16-12(15-9)8-19-11-6-4-3-5-7-11/h11H,3-8H2,1-2H3,(H,17,18). The van der Waals surface area contributed by atoms with Crippen molar-refractivity contribution in [2.75, 3.05) is 0 Å².